The minimum absolute atomic E-state index is 0.0860. The average molecular weight is 348 g/mol. The van der Waals surface area contributed by atoms with Gasteiger partial charge in [-0.15, -0.1) is 0 Å². The number of nitrogens with one attached hydrogen (secondary N) is 1. The summed E-state index contributed by atoms with van der Waals surface area (Å²) in [5.74, 6) is 0.0371. The van der Waals surface area contributed by atoms with Gasteiger partial charge < -0.3 is 5.32 Å². The summed E-state index contributed by atoms with van der Waals surface area (Å²) in [6, 6.07) is 3.35. The van der Waals surface area contributed by atoms with Crippen LogP contribution in [-0.4, -0.2) is 40.6 Å². The van der Waals surface area contributed by atoms with E-state index in [1.807, 2.05) is 19.1 Å². The lowest BCUT2D eigenvalue weighted by atomic mass is 10.1. The van der Waals surface area contributed by atoms with Gasteiger partial charge in [0.25, 0.3) is 5.91 Å². The number of carbonyl (C=O) groups excluding carboxylic acids is 1. The number of pyridine rings is 1. The van der Waals surface area contributed by atoms with Gasteiger partial charge >= 0.3 is 0 Å². The fourth-order valence-corrected chi connectivity index (χ4v) is 4.66. The molecule has 1 aliphatic rings. The van der Waals surface area contributed by atoms with Crippen molar-refractivity contribution in [3.63, 3.8) is 0 Å². The summed E-state index contributed by atoms with van der Waals surface area (Å²) in [5.41, 5.74) is 2.07. The van der Waals surface area contributed by atoms with E-state index in [1.54, 1.807) is 24.0 Å². The number of rotatable bonds is 4. The van der Waals surface area contributed by atoms with Crippen LogP contribution >= 0.6 is 0 Å². The summed E-state index contributed by atoms with van der Waals surface area (Å²) in [7, 11) is -2.99. The molecule has 7 nitrogen and oxygen atoms in total. The van der Waals surface area contributed by atoms with Gasteiger partial charge in [0.1, 0.15) is 0 Å². The second-order valence-electron chi connectivity index (χ2n) is 6.13. The van der Waals surface area contributed by atoms with Crippen LogP contribution in [0.2, 0.25) is 0 Å². The van der Waals surface area contributed by atoms with Crippen LogP contribution in [0.25, 0.3) is 0 Å². The summed E-state index contributed by atoms with van der Waals surface area (Å²) in [5, 5.41) is 7.17. The average Bonchev–Trinajstić information content (AvgIpc) is 3.10. The molecule has 0 bridgehead atoms. The number of aromatic nitrogens is 3. The second-order valence-corrected chi connectivity index (χ2v) is 8.36. The highest BCUT2D eigenvalue weighted by Crippen LogP contribution is 2.25. The van der Waals surface area contributed by atoms with E-state index in [0.717, 1.165) is 5.56 Å². The van der Waals surface area contributed by atoms with Crippen molar-refractivity contribution < 1.29 is 13.2 Å². The zero-order valence-corrected chi connectivity index (χ0v) is 14.5. The van der Waals surface area contributed by atoms with E-state index in [4.69, 9.17) is 0 Å². The van der Waals surface area contributed by atoms with Crippen molar-refractivity contribution in [2.45, 2.75) is 32.4 Å². The van der Waals surface area contributed by atoms with Crippen molar-refractivity contribution >= 4 is 15.7 Å². The highest BCUT2D eigenvalue weighted by atomic mass is 32.2. The smallest absolute Gasteiger partial charge is 0.255 e. The lowest BCUT2D eigenvalue weighted by molar-refractivity contribution is 0.0939. The molecular formula is C16H20N4O3S. The first-order valence-corrected chi connectivity index (χ1v) is 9.65. The Bertz CT molecular complexity index is 845. The van der Waals surface area contributed by atoms with Crippen molar-refractivity contribution in [1.29, 1.82) is 0 Å². The van der Waals surface area contributed by atoms with E-state index < -0.39 is 9.84 Å². The Morgan fingerprint density at radius 2 is 2.21 bits per heavy atom. The Morgan fingerprint density at radius 1 is 1.42 bits per heavy atom. The molecule has 0 radical (unpaired) electrons. The Hall–Kier alpha value is -2.22. The van der Waals surface area contributed by atoms with Gasteiger partial charge in [0, 0.05) is 18.1 Å². The fourth-order valence-electron chi connectivity index (χ4n) is 2.97. The van der Waals surface area contributed by atoms with Gasteiger partial charge in [-0.1, -0.05) is 6.07 Å². The summed E-state index contributed by atoms with van der Waals surface area (Å²) >= 11 is 0. The maximum absolute atomic E-state index is 12.5. The zero-order valence-electron chi connectivity index (χ0n) is 13.6. The number of hydrogen-bond acceptors (Lipinski definition) is 5. The van der Waals surface area contributed by atoms with E-state index in [1.165, 1.54) is 6.20 Å². The minimum Gasteiger partial charge on any atom is -0.345 e. The Labute approximate surface area is 141 Å². The molecule has 1 fully saturated rings. The third kappa shape index (κ3) is 3.33. The third-order valence-corrected chi connectivity index (χ3v) is 6.13. The molecule has 1 aliphatic heterocycles. The van der Waals surface area contributed by atoms with Gasteiger partial charge in [0.05, 0.1) is 35.3 Å². The van der Waals surface area contributed by atoms with Crippen molar-refractivity contribution in [3.8, 4) is 0 Å². The molecule has 0 saturated carbocycles. The minimum atomic E-state index is -2.99. The molecule has 0 unspecified atom stereocenters. The predicted octanol–water partition coefficient (Wildman–Crippen LogP) is 1.44. The highest BCUT2D eigenvalue weighted by molar-refractivity contribution is 7.91. The molecule has 1 amide bonds. The standard InChI is InChI=1S/C16H20N4O3S/c1-11(13-4-3-6-17-8-13)19-16(21)15-9-18-20(12(15)2)14-5-7-24(22,23)10-14/h3-4,6,8-9,11,14H,5,7,10H2,1-2H3,(H,19,21)/t11-,14-/m0/s1. The predicted molar refractivity (Wildman–Crippen MR) is 89.4 cm³/mol. The normalized spacial score (nSPS) is 20.7. The first-order chi connectivity index (χ1) is 11.4. The quantitative estimate of drug-likeness (QED) is 0.902. The summed E-state index contributed by atoms with van der Waals surface area (Å²) in [4.78, 5) is 16.6. The van der Waals surface area contributed by atoms with E-state index in [9.17, 15) is 13.2 Å². The number of carbonyl (C=O) groups is 1. The molecule has 2 atom stereocenters. The fraction of sp³-hybridized carbons (Fsp3) is 0.438. The van der Waals surface area contributed by atoms with Crippen LogP contribution in [0.3, 0.4) is 0 Å². The summed E-state index contributed by atoms with van der Waals surface area (Å²) in [6.45, 7) is 3.68. The number of amides is 1. The molecule has 2 aromatic heterocycles. The molecule has 3 heterocycles. The molecule has 128 valence electrons. The molecule has 3 rings (SSSR count). The van der Waals surface area contributed by atoms with Gasteiger partial charge in [-0.3, -0.25) is 14.5 Å². The first kappa shape index (κ1) is 16.6. The first-order valence-electron chi connectivity index (χ1n) is 7.83. The maximum atomic E-state index is 12.5. The van der Waals surface area contributed by atoms with E-state index in [-0.39, 0.29) is 29.5 Å². The summed E-state index contributed by atoms with van der Waals surface area (Å²) in [6.07, 6.45) is 5.44. The zero-order chi connectivity index (χ0) is 17.3. The van der Waals surface area contributed by atoms with Crippen LogP contribution in [0, 0.1) is 6.92 Å². The largest absolute Gasteiger partial charge is 0.345 e. The van der Waals surface area contributed by atoms with Crippen molar-refractivity contribution in [3.05, 3.63) is 47.5 Å². The summed E-state index contributed by atoms with van der Waals surface area (Å²) < 4.78 is 24.9. The van der Waals surface area contributed by atoms with Gasteiger partial charge in [-0.25, -0.2) is 8.42 Å². The van der Waals surface area contributed by atoms with E-state index in [0.29, 0.717) is 17.7 Å². The Kier molecular flexibility index (Phi) is 4.40. The van der Waals surface area contributed by atoms with Crippen LogP contribution in [0.15, 0.2) is 30.7 Å². The maximum Gasteiger partial charge on any atom is 0.255 e. The van der Waals surface area contributed by atoms with Crippen LogP contribution in [0.5, 0.6) is 0 Å². The van der Waals surface area contributed by atoms with E-state index >= 15 is 0 Å². The molecule has 0 aliphatic carbocycles. The van der Waals surface area contributed by atoms with Crippen LogP contribution < -0.4 is 5.32 Å². The Morgan fingerprint density at radius 3 is 2.83 bits per heavy atom. The lowest BCUT2D eigenvalue weighted by Crippen LogP contribution is -2.27. The molecular weight excluding hydrogens is 328 g/mol. The van der Waals surface area contributed by atoms with Gasteiger partial charge in [0.2, 0.25) is 0 Å². The molecule has 8 heteroatoms. The molecule has 2 aromatic rings. The second kappa shape index (κ2) is 6.35. The molecule has 0 spiro atoms. The van der Waals surface area contributed by atoms with Crippen molar-refractivity contribution in [1.82, 2.24) is 20.1 Å². The van der Waals surface area contributed by atoms with Crippen molar-refractivity contribution in [2.24, 2.45) is 0 Å². The van der Waals surface area contributed by atoms with Gasteiger partial charge in [-0.2, -0.15) is 5.10 Å². The Balaban J connectivity index is 1.75. The van der Waals surface area contributed by atoms with Crippen LogP contribution in [0.1, 0.15) is 47.0 Å². The van der Waals surface area contributed by atoms with Crippen molar-refractivity contribution in [2.75, 3.05) is 11.5 Å². The molecule has 24 heavy (non-hydrogen) atoms. The molecule has 0 aromatic carbocycles. The SMILES string of the molecule is Cc1c(C(=O)N[C@@H](C)c2cccnc2)cnn1[C@H]1CCS(=O)(=O)C1. The lowest BCUT2D eigenvalue weighted by Gasteiger charge is -2.14. The molecule has 1 N–H and O–H groups in total. The van der Waals surface area contributed by atoms with Gasteiger partial charge in [0.15, 0.2) is 9.84 Å². The van der Waals surface area contributed by atoms with E-state index in [2.05, 4.69) is 15.4 Å². The molecule has 1 saturated heterocycles. The number of nitrogens with zero attached hydrogens (tertiary/aromatic N) is 3. The number of sulfone groups is 1. The van der Waals surface area contributed by atoms with Gasteiger partial charge in [-0.05, 0) is 31.9 Å². The highest BCUT2D eigenvalue weighted by Gasteiger charge is 2.31. The topological polar surface area (TPSA) is 93.9 Å². The number of hydrogen-bond donors (Lipinski definition) is 1. The van der Waals surface area contributed by atoms with Crippen LogP contribution in [-0.2, 0) is 9.84 Å². The van der Waals surface area contributed by atoms with Crippen LogP contribution in [0.4, 0.5) is 0 Å². The third-order valence-electron chi connectivity index (χ3n) is 4.38. The monoisotopic (exact) mass is 348 g/mol.